The van der Waals surface area contributed by atoms with Crippen molar-refractivity contribution in [2.24, 2.45) is 5.10 Å². The van der Waals surface area contributed by atoms with Crippen molar-refractivity contribution in [3.63, 3.8) is 0 Å². The maximum atomic E-state index is 5.18. The predicted octanol–water partition coefficient (Wildman–Crippen LogP) is 3.29. The SMILES string of the molecule is Cc1ccc2c(N/N=C/c3ccco3)cc(C)nc2n1. The summed E-state index contributed by atoms with van der Waals surface area (Å²) in [6, 6.07) is 9.56. The Morgan fingerprint density at radius 2 is 2.00 bits per heavy atom. The van der Waals surface area contributed by atoms with E-state index in [2.05, 4.69) is 20.5 Å². The predicted molar refractivity (Wildman–Crippen MR) is 78.9 cm³/mol. The van der Waals surface area contributed by atoms with Crippen LogP contribution in [0.5, 0.6) is 0 Å². The maximum Gasteiger partial charge on any atom is 0.161 e. The van der Waals surface area contributed by atoms with Gasteiger partial charge in [-0.1, -0.05) is 0 Å². The van der Waals surface area contributed by atoms with Crippen molar-refractivity contribution < 1.29 is 4.42 Å². The van der Waals surface area contributed by atoms with E-state index >= 15 is 0 Å². The van der Waals surface area contributed by atoms with Crippen LogP contribution in [-0.4, -0.2) is 16.2 Å². The van der Waals surface area contributed by atoms with Crippen molar-refractivity contribution >= 4 is 22.9 Å². The van der Waals surface area contributed by atoms with E-state index < -0.39 is 0 Å². The van der Waals surface area contributed by atoms with Gasteiger partial charge in [-0.15, -0.1) is 0 Å². The van der Waals surface area contributed by atoms with Crippen LogP contribution in [0.4, 0.5) is 5.69 Å². The van der Waals surface area contributed by atoms with E-state index in [-0.39, 0.29) is 0 Å². The Balaban J connectivity index is 1.94. The minimum absolute atomic E-state index is 0.696. The third kappa shape index (κ3) is 2.51. The van der Waals surface area contributed by atoms with Gasteiger partial charge in [0.2, 0.25) is 0 Å². The average molecular weight is 266 g/mol. The van der Waals surface area contributed by atoms with Gasteiger partial charge in [-0.3, -0.25) is 5.43 Å². The van der Waals surface area contributed by atoms with Gasteiger partial charge in [-0.25, -0.2) is 9.97 Å². The minimum atomic E-state index is 0.696. The summed E-state index contributed by atoms with van der Waals surface area (Å²) >= 11 is 0. The van der Waals surface area contributed by atoms with Crippen LogP contribution in [0.1, 0.15) is 17.1 Å². The molecule has 5 heteroatoms. The van der Waals surface area contributed by atoms with Crippen molar-refractivity contribution in [3.05, 3.63) is 53.7 Å². The van der Waals surface area contributed by atoms with Gasteiger partial charge in [0.05, 0.1) is 18.2 Å². The highest BCUT2D eigenvalue weighted by Gasteiger charge is 2.04. The largest absolute Gasteiger partial charge is 0.463 e. The molecule has 0 spiro atoms. The minimum Gasteiger partial charge on any atom is -0.463 e. The molecule has 0 saturated carbocycles. The molecular weight excluding hydrogens is 252 g/mol. The Morgan fingerprint density at radius 3 is 2.80 bits per heavy atom. The fraction of sp³-hybridized carbons (Fsp3) is 0.133. The second-order valence-electron chi connectivity index (χ2n) is 4.52. The number of hydrogen-bond donors (Lipinski definition) is 1. The van der Waals surface area contributed by atoms with Crippen LogP contribution in [-0.2, 0) is 0 Å². The quantitative estimate of drug-likeness (QED) is 0.583. The molecule has 3 rings (SSSR count). The Hall–Kier alpha value is -2.69. The second kappa shape index (κ2) is 5.13. The lowest BCUT2D eigenvalue weighted by molar-refractivity contribution is 0.560. The third-order valence-electron chi connectivity index (χ3n) is 2.86. The zero-order valence-corrected chi connectivity index (χ0v) is 11.3. The lowest BCUT2D eigenvalue weighted by Gasteiger charge is -2.06. The highest BCUT2D eigenvalue weighted by Crippen LogP contribution is 2.22. The van der Waals surface area contributed by atoms with Crippen LogP contribution in [0.3, 0.4) is 0 Å². The van der Waals surface area contributed by atoms with E-state index in [1.807, 2.05) is 44.2 Å². The molecule has 0 aliphatic carbocycles. The maximum absolute atomic E-state index is 5.18. The molecule has 5 nitrogen and oxygen atoms in total. The first-order valence-corrected chi connectivity index (χ1v) is 6.30. The normalized spacial score (nSPS) is 11.3. The van der Waals surface area contributed by atoms with Gasteiger partial charge in [0, 0.05) is 16.8 Å². The molecule has 1 N–H and O–H groups in total. The van der Waals surface area contributed by atoms with Crippen molar-refractivity contribution in [1.29, 1.82) is 0 Å². The number of hydrazone groups is 1. The van der Waals surface area contributed by atoms with Crippen molar-refractivity contribution in [3.8, 4) is 0 Å². The molecule has 0 radical (unpaired) electrons. The van der Waals surface area contributed by atoms with Gasteiger partial charge in [0.15, 0.2) is 5.65 Å². The summed E-state index contributed by atoms with van der Waals surface area (Å²) in [5, 5.41) is 5.12. The van der Waals surface area contributed by atoms with E-state index in [0.717, 1.165) is 28.1 Å². The van der Waals surface area contributed by atoms with Gasteiger partial charge in [0.25, 0.3) is 0 Å². The first-order chi connectivity index (χ1) is 9.72. The topological polar surface area (TPSA) is 63.3 Å². The van der Waals surface area contributed by atoms with Crippen LogP contribution < -0.4 is 5.43 Å². The summed E-state index contributed by atoms with van der Waals surface area (Å²) in [6.07, 6.45) is 3.24. The number of furan rings is 1. The molecule has 0 atom stereocenters. The monoisotopic (exact) mass is 266 g/mol. The molecule has 3 aromatic heterocycles. The molecule has 0 aliphatic heterocycles. The average Bonchev–Trinajstić information content (AvgIpc) is 2.91. The van der Waals surface area contributed by atoms with Crippen LogP contribution >= 0.6 is 0 Å². The van der Waals surface area contributed by atoms with Crippen LogP contribution in [0.25, 0.3) is 11.0 Å². The zero-order valence-electron chi connectivity index (χ0n) is 11.3. The van der Waals surface area contributed by atoms with E-state index in [1.165, 1.54) is 0 Å². The molecule has 0 aromatic carbocycles. The Labute approximate surface area is 116 Å². The molecule has 0 aliphatic rings. The van der Waals surface area contributed by atoms with Crippen LogP contribution in [0, 0.1) is 13.8 Å². The summed E-state index contributed by atoms with van der Waals surface area (Å²) in [7, 11) is 0. The first kappa shape index (κ1) is 12.3. The van der Waals surface area contributed by atoms with Gasteiger partial charge < -0.3 is 4.42 Å². The van der Waals surface area contributed by atoms with Crippen LogP contribution in [0.2, 0.25) is 0 Å². The Kier molecular flexibility index (Phi) is 3.16. The molecular formula is C15H14N4O. The molecule has 0 bridgehead atoms. The number of aromatic nitrogens is 2. The van der Waals surface area contributed by atoms with Gasteiger partial charge in [0.1, 0.15) is 5.76 Å². The number of nitrogens with zero attached hydrogens (tertiary/aromatic N) is 3. The highest BCUT2D eigenvalue weighted by atomic mass is 16.3. The standard InChI is InChI=1S/C15H14N4O/c1-10-5-6-13-14(8-11(2)18-15(13)17-10)19-16-9-12-4-3-7-20-12/h3-9H,1-2H3,(H,17,18,19)/b16-9+. The molecule has 100 valence electrons. The van der Waals surface area contributed by atoms with Gasteiger partial charge >= 0.3 is 0 Å². The number of hydrogen-bond acceptors (Lipinski definition) is 5. The van der Waals surface area contributed by atoms with E-state index in [0.29, 0.717) is 5.76 Å². The Morgan fingerprint density at radius 1 is 1.15 bits per heavy atom. The lowest BCUT2D eigenvalue weighted by Crippen LogP contribution is -1.96. The smallest absolute Gasteiger partial charge is 0.161 e. The summed E-state index contributed by atoms with van der Waals surface area (Å²) < 4.78 is 5.18. The summed E-state index contributed by atoms with van der Waals surface area (Å²) in [5.41, 5.74) is 6.46. The lowest BCUT2D eigenvalue weighted by atomic mass is 10.2. The van der Waals surface area contributed by atoms with Crippen molar-refractivity contribution in [2.75, 3.05) is 5.43 Å². The molecule has 3 aromatic rings. The van der Waals surface area contributed by atoms with E-state index in [4.69, 9.17) is 4.42 Å². The third-order valence-corrected chi connectivity index (χ3v) is 2.86. The number of fused-ring (bicyclic) bond motifs is 1. The first-order valence-electron chi connectivity index (χ1n) is 6.30. The zero-order chi connectivity index (χ0) is 13.9. The molecule has 0 fully saturated rings. The molecule has 3 heterocycles. The van der Waals surface area contributed by atoms with Crippen LogP contribution in [0.15, 0.2) is 46.1 Å². The number of rotatable bonds is 3. The van der Waals surface area contributed by atoms with E-state index in [1.54, 1.807) is 12.5 Å². The Bertz CT molecular complexity index is 758. The van der Waals surface area contributed by atoms with Crippen molar-refractivity contribution in [2.45, 2.75) is 13.8 Å². The fourth-order valence-electron chi connectivity index (χ4n) is 1.95. The molecule has 0 unspecified atom stereocenters. The van der Waals surface area contributed by atoms with Gasteiger partial charge in [-0.05, 0) is 44.2 Å². The summed E-state index contributed by atoms with van der Waals surface area (Å²) in [4.78, 5) is 8.87. The summed E-state index contributed by atoms with van der Waals surface area (Å²) in [5.74, 6) is 0.696. The summed E-state index contributed by atoms with van der Waals surface area (Å²) in [6.45, 7) is 3.89. The van der Waals surface area contributed by atoms with Gasteiger partial charge in [-0.2, -0.15) is 5.10 Å². The van der Waals surface area contributed by atoms with Crippen molar-refractivity contribution in [1.82, 2.24) is 9.97 Å². The number of aryl methyl sites for hydroxylation is 2. The highest BCUT2D eigenvalue weighted by molar-refractivity contribution is 5.89. The van der Waals surface area contributed by atoms with E-state index in [9.17, 15) is 0 Å². The molecule has 0 amide bonds. The molecule has 20 heavy (non-hydrogen) atoms. The molecule has 0 saturated heterocycles. The fourth-order valence-corrected chi connectivity index (χ4v) is 1.95. The number of nitrogens with one attached hydrogen (secondary N) is 1. The second-order valence-corrected chi connectivity index (χ2v) is 4.52. The number of anilines is 1. The number of pyridine rings is 2.